The fraction of sp³-hybridized carbons (Fsp3) is 0.143. The van der Waals surface area contributed by atoms with Crippen LogP contribution in [-0.2, 0) is 6.18 Å². The predicted molar refractivity (Wildman–Crippen MR) is 102 cm³/mol. The Balaban J connectivity index is 1.87. The molecule has 0 bridgehead atoms. The molecular weight excluding hydrogens is 379 g/mol. The van der Waals surface area contributed by atoms with E-state index in [2.05, 4.69) is 20.1 Å². The molecule has 3 aromatic heterocycles. The van der Waals surface area contributed by atoms with Gasteiger partial charge in [0.2, 0.25) is 5.82 Å². The van der Waals surface area contributed by atoms with E-state index in [1.807, 2.05) is 38.1 Å². The Kier molecular flexibility index (Phi) is 4.62. The largest absolute Gasteiger partial charge is 0.416 e. The minimum Gasteiger partial charge on any atom is -0.250 e. The lowest BCUT2D eigenvalue weighted by atomic mass is 10.2. The van der Waals surface area contributed by atoms with Crippen molar-refractivity contribution in [1.82, 2.24) is 24.7 Å². The zero-order valence-electron chi connectivity index (χ0n) is 15.6. The summed E-state index contributed by atoms with van der Waals surface area (Å²) in [6.45, 7) is 3.71. The molecule has 146 valence electrons. The van der Waals surface area contributed by atoms with Gasteiger partial charge in [-0.3, -0.25) is 0 Å². The second kappa shape index (κ2) is 7.12. The highest BCUT2D eigenvalue weighted by molar-refractivity contribution is 5.59. The normalized spacial score (nSPS) is 11.6. The summed E-state index contributed by atoms with van der Waals surface area (Å²) in [5.74, 6) is 0.790. The molecule has 0 aliphatic carbocycles. The number of rotatable bonds is 3. The van der Waals surface area contributed by atoms with Gasteiger partial charge in [0.25, 0.3) is 0 Å². The monoisotopic (exact) mass is 395 g/mol. The third-order valence-corrected chi connectivity index (χ3v) is 4.28. The molecule has 0 saturated heterocycles. The number of aromatic nitrogens is 5. The van der Waals surface area contributed by atoms with Gasteiger partial charge in [-0.25, -0.2) is 19.6 Å². The Hall–Kier alpha value is -3.55. The highest BCUT2D eigenvalue weighted by atomic mass is 19.4. The summed E-state index contributed by atoms with van der Waals surface area (Å²) in [5.41, 5.74) is 2.46. The number of pyridine rings is 2. The Morgan fingerprint density at radius 1 is 0.724 bits per heavy atom. The van der Waals surface area contributed by atoms with Gasteiger partial charge in [0.05, 0.1) is 11.3 Å². The van der Waals surface area contributed by atoms with Crippen LogP contribution in [0.3, 0.4) is 0 Å². The highest BCUT2D eigenvalue weighted by Crippen LogP contribution is 2.30. The van der Waals surface area contributed by atoms with Crippen LogP contribution in [0.5, 0.6) is 0 Å². The predicted octanol–water partition coefficient (Wildman–Crippen LogP) is 5.03. The molecule has 0 spiro atoms. The van der Waals surface area contributed by atoms with Crippen molar-refractivity contribution >= 4 is 0 Å². The molecule has 0 unspecified atom stereocenters. The summed E-state index contributed by atoms with van der Waals surface area (Å²) >= 11 is 0. The van der Waals surface area contributed by atoms with E-state index in [1.165, 1.54) is 16.8 Å². The van der Waals surface area contributed by atoms with E-state index in [-0.39, 0.29) is 0 Å². The molecular formula is C21H16F3N5. The van der Waals surface area contributed by atoms with Gasteiger partial charge < -0.3 is 0 Å². The second-order valence-electron chi connectivity index (χ2n) is 6.54. The zero-order valence-corrected chi connectivity index (χ0v) is 15.6. The molecule has 0 aliphatic heterocycles. The first kappa shape index (κ1) is 18.8. The summed E-state index contributed by atoms with van der Waals surface area (Å²) in [6, 6.07) is 15.7. The van der Waals surface area contributed by atoms with Crippen molar-refractivity contribution in [3.8, 4) is 28.7 Å². The number of aryl methyl sites for hydroxylation is 2. The van der Waals surface area contributed by atoms with Crippen LogP contribution in [0.15, 0.2) is 60.7 Å². The van der Waals surface area contributed by atoms with E-state index in [9.17, 15) is 13.2 Å². The number of nitrogens with zero attached hydrogens (tertiary/aromatic N) is 5. The van der Waals surface area contributed by atoms with Crippen molar-refractivity contribution < 1.29 is 13.2 Å². The maximum Gasteiger partial charge on any atom is 0.416 e. The minimum absolute atomic E-state index is 0.368. The fourth-order valence-corrected chi connectivity index (χ4v) is 2.89. The molecule has 0 atom stereocenters. The van der Waals surface area contributed by atoms with Crippen LogP contribution in [0.25, 0.3) is 28.7 Å². The molecule has 0 N–H and O–H groups in total. The van der Waals surface area contributed by atoms with E-state index in [0.717, 1.165) is 23.5 Å². The Morgan fingerprint density at radius 2 is 1.31 bits per heavy atom. The molecule has 5 nitrogen and oxygen atoms in total. The lowest BCUT2D eigenvalue weighted by Crippen LogP contribution is -2.06. The van der Waals surface area contributed by atoms with Gasteiger partial charge >= 0.3 is 6.18 Å². The minimum atomic E-state index is -4.40. The number of halogens is 3. The van der Waals surface area contributed by atoms with E-state index in [4.69, 9.17) is 0 Å². The van der Waals surface area contributed by atoms with Gasteiger partial charge in [-0.2, -0.15) is 13.2 Å². The van der Waals surface area contributed by atoms with Gasteiger partial charge in [-0.1, -0.05) is 12.1 Å². The topological polar surface area (TPSA) is 56.5 Å². The molecule has 0 radical (unpaired) electrons. The van der Waals surface area contributed by atoms with Gasteiger partial charge in [0.15, 0.2) is 5.82 Å². The Morgan fingerprint density at radius 3 is 1.90 bits per heavy atom. The smallest absolute Gasteiger partial charge is 0.250 e. The molecule has 0 amide bonds. The molecule has 0 fully saturated rings. The molecule has 3 heterocycles. The SMILES string of the molecule is Cc1cccc(-c2nc(-c3cccc(C)n3)n(-c3ccc(C(F)(F)F)cc3)n2)n1. The van der Waals surface area contributed by atoms with Crippen molar-refractivity contribution in [2.75, 3.05) is 0 Å². The Labute approximate surface area is 164 Å². The molecule has 4 rings (SSSR count). The molecule has 4 aromatic rings. The fourth-order valence-electron chi connectivity index (χ4n) is 2.89. The van der Waals surface area contributed by atoms with E-state index >= 15 is 0 Å². The zero-order chi connectivity index (χ0) is 20.6. The van der Waals surface area contributed by atoms with Gasteiger partial charge in [-0.15, -0.1) is 5.10 Å². The van der Waals surface area contributed by atoms with Crippen LogP contribution < -0.4 is 0 Å². The Bertz CT molecular complexity index is 1160. The average molecular weight is 395 g/mol. The summed E-state index contributed by atoms with van der Waals surface area (Å²) in [7, 11) is 0. The lowest BCUT2D eigenvalue weighted by Gasteiger charge is -2.09. The van der Waals surface area contributed by atoms with Crippen LogP contribution in [0.4, 0.5) is 13.2 Å². The number of benzene rings is 1. The molecule has 0 saturated carbocycles. The van der Waals surface area contributed by atoms with Gasteiger partial charge in [-0.05, 0) is 62.4 Å². The van der Waals surface area contributed by atoms with Crippen LogP contribution in [-0.4, -0.2) is 24.7 Å². The van der Waals surface area contributed by atoms with Crippen LogP contribution in [0, 0.1) is 13.8 Å². The first-order valence-corrected chi connectivity index (χ1v) is 8.84. The van der Waals surface area contributed by atoms with Crippen LogP contribution in [0.2, 0.25) is 0 Å². The number of hydrogen-bond acceptors (Lipinski definition) is 4. The highest BCUT2D eigenvalue weighted by Gasteiger charge is 2.30. The van der Waals surface area contributed by atoms with Crippen LogP contribution >= 0.6 is 0 Å². The lowest BCUT2D eigenvalue weighted by molar-refractivity contribution is -0.137. The third-order valence-electron chi connectivity index (χ3n) is 4.28. The summed E-state index contributed by atoms with van der Waals surface area (Å²) in [4.78, 5) is 13.5. The van der Waals surface area contributed by atoms with Gasteiger partial charge in [0.1, 0.15) is 11.4 Å². The maximum absolute atomic E-state index is 12.9. The third kappa shape index (κ3) is 3.87. The van der Waals surface area contributed by atoms with Crippen molar-refractivity contribution in [1.29, 1.82) is 0 Å². The average Bonchev–Trinajstić information content (AvgIpc) is 3.13. The van der Waals surface area contributed by atoms with E-state index in [0.29, 0.717) is 28.7 Å². The van der Waals surface area contributed by atoms with Crippen molar-refractivity contribution in [3.63, 3.8) is 0 Å². The number of alkyl halides is 3. The number of hydrogen-bond donors (Lipinski definition) is 0. The second-order valence-corrected chi connectivity index (χ2v) is 6.54. The quantitative estimate of drug-likeness (QED) is 0.488. The first-order valence-electron chi connectivity index (χ1n) is 8.84. The summed E-state index contributed by atoms with van der Waals surface area (Å²) in [5, 5.41) is 4.51. The first-order chi connectivity index (χ1) is 13.8. The van der Waals surface area contributed by atoms with Crippen LogP contribution in [0.1, 0.15) is 17.0 Å². The molecule has 1 aromatic carbocycles. The van der Waals surface area contributed by atoms with E-state index < -0.39 is 11.7 Å². The standard InChI is InChI=1S/C21H16F3N5/c1-13-5-3-7-17(25-13)19-27-20(18-8-4-6-14(2)26-18)29(28-19)16-11-9-15(10-12-16)21(22,23)24/h3-12H,1-2H3. The van der Waals surface area contributed by atoms with Crippen molar-refractivity contribution in [2.24, 2.45) is 0 Å². The van der Waals surface area contributed by atoms with Crippen molar-refractivity contribution in [2.45, 2.75) is 20.0 Å². The summed E-state index contributed by atoms with van der Waals surface area (Å²) < 4.78 is 40.3. The van der Waals surface area contributed by atoms with Gasteiger partial charge in [0, 0.05) is 11.4 Å². The summed E-state index contributed by atoms with van der Waals surface area (Å²) in [6.07, 6.45) is -4.40. The molecule has 29 heavy (non-hydrogen) atoms. The maximum atomic E-state index is 12.9. The van der Waals surface area contributed by atoms with Crippen molar-refractivity contribution in [3.05, 3.63) is 77.6 Å². The molecule has 0 aliphatic rings. The van der Waals surface area contributed by atoms with E-state index in [1.54, 1.807) is 12.1 Å². The molecule has 8 heteroatoms.